The summed E-state index contributed by atoms with van der Waals surface area (Å²) in [6.07, 6.45) is 8.81. The van der Waals surface area contributed by atoms with E-state index in [1.807, 2.05) is 34.9 Å². The topological polar surface area (TPSA) is 84.7 Å². The number of carbonyl (C=O) groups is 1. The van der Waals surface area contributed by atoms with Crippen molar-refractivity contribution in [2.24, 2.45) is 0 Å². The second-order valence-corrected chi connectivity index (χ2v) is 6.28. The Bertz CT molecular complexity index is 870. The molecule has 7 heteroatoms. The molecule has 0 unspecified atom stereocenters. The van der Waals surface area contributed by atoms with Gasteiger partial charge in [0.25, 0.3) is 0 Å². The number of nitrogens with zero attached hydrogens (tertiary/aromatic N) is 4. The average Bonchev–Trinajstić information content (AvgIpc) is 3.08. The van der Waals surface area contributed by atoms with E-state index in [4.69, 9.17) is 0 Å². The molecule has 0 spiro atoms. The van der Waals surface area contributed by atoms with Crippen molar-refractivity contribution in [3.05, 3.63) is 43.0 Å². The molecule has 7 nitrogen and oxygen atoms in total. The maximum atomic E-state index is 12.3. The SMILES string of the molecule is O=C(Nc1ncnc2c1ncn2-c1ccccc1)NC1CCCCC1. The first kappa shape index (κ1) is 15.6. The van der Waals surface area contributed by atoms with Gasteiger partial charge >= 0.3 is 6.03 Å². The first-order chi connectivity index (χ1) is 12.3. The van der Waals surface area contributed by atoms with Crippen molar-refractivity contribution in [3.8, 4) is 5.69 Å². The van der Waals surface area contributed by atoms with E-state index in [0.29, 0.717) is 17.0 Å². The van der Waals surface area contributed by atoms with Crippen molar-refractivity contribution in [2.45, 2.75) is 38.1 Å². The van der Waals surface area contributed by atoms with Gasteiger partial charge in [-0.3, -0.25) is 9.88 Å². The molecule has 2 N–H and O–H groups in total. The van der Waals surface area contributed by atoms with Crippen molar-refractivity contribution < 1.29 is 4.79 Å². The Morgan fingerprint density at radius 3 is 2.64 bits per heavy atom. The van der Waals surface area contributed by atoms with Gasteiger partial charge in [0.2, 0.25) is 0 Å². The van der Waals surface area contributed by atoms with Gasteiger partial charge in [-0.25, -0.2) is 19.7 Å². The Kier molecular flexibility index (Phi) is 4.28. The molecule has 1 saturated carbocycles. The molecule has 3 aromatic rings. The van der Waals surface area contributed by atoms with Crippen molar-refractivity contribution in [3.63, 3.8) is 0 Å². The predicted molar refractivity (Wildman–Crippen MR) is 95.7 cm³/mol. The number of carbonyl (C=O) groups excluding carboxylic acids is 1. The molecule has 0 bridgehead atoms. The molecule has 2 amide bonds. The number of aromatic nitrogens is 4. The minimum absolute atomic E-state index is 0.235. The molecule has 0 atom stereocenters. The zero-order valence-corrected chi connectivity index (χ0v) is 13.9. The summed E-state index contributed by atoms with van der Waals surface area (Å²) in [7, 11) is 0. The quantitative estimate of drug-likeness (QED) is 0.769. The van der Waals surface area contributed by atoms with Gasteiger partial charge in [-0.15, -0.1) is 0 Å². The molecule has 1 aromatic carbocycles. The molecule has 0 aliphatic heterocycles. The van der Waals surface area contributed by atoms with E-state index in [1.54, 1.807) is 6.33 Å². The molecule has 2 aromatic heterocycles. The van der Waals surface area contributed by atoms with Crippen LogP contribution in [0.2, 0.25) is 0 Å². The molecular weight excluding hydrogens is 316 g/mol. The van der Waals surface area contributed by atoms with E-state index in [0.717, 1.165) is 18.5 Å². The van der Waals surface area contributed by atoms with Crippen LogP contribution in [0.5, 0.6) is 0 Å². The lowest BCUT2D eigenvalue weighted by molar-refractivity contribution is 0.244. The fraction of sp³-hybridized carbons (Fsp3) is 0.333. The Morgan fingerprint density at radius 2 is 1.84 bits per heavy atom. The zero-order valence-electron chi connectivity index (χ0n) is 13.9. The van der Waals surface area contributed by atoms with Crippen LogP contribution in [0.1, 0.15) is 32.1 Å². The summed E-state index contributed by atoms with van der Waals surface area (Å²) in [5.41, 5.74) is 2.20. The van der Waals surface area contributed by atoms with E-state index in [-0.39, 0.29) is 12.1 Å². The Morgan fingerprint density at radius 1 is 1.04 bits per heavy atom. The number of fused-ring (bicyclic) bond motifs is 1. The van der Waals surface area contributed by atoms with E-state index in [2.05, 4.69) is 25.6 Å². The smallest absolute Gasteiger partial charge is 0.320 e. The number of rotatable bonds is 3. The number of hydrogen-bond donors (Lipinski definition) is 2. The van der Waals surface area contributed by atoms with Crippen LogP contribution in [-0.2, 0) is 0 Å². The molecule has 0 radical (unpaired) electrons. The summed E-state index contributed by atoms with van der Waals surface area (Å²) in [5.74, 6) is 0.424. The first-order valence-corrected chi connectivity index (χ1v) is 8.62. The Labute approximate surface area is 145 Å². The van der Waals surface area contributed by atoms with E-state index < -0.39 is 0 Å². The summed E-state index contributed by atoms with van der Waals surface area (Å²) >= 11 is 0. The van der Waals surface area contributed by atoms with Gasteiger partial charge in [-0.05, 0) is 25.0 Å². The predicted octanol–water partition coefficient (Wildman–Crippen LogP) is 3.27. The van der Waals surface area contributed by atoms with Crippen LogP contribution < -0.4 is 10.6 Å². The first-order valence-electron chi connectivity index (χ1n) is 8.62. The number of nitrogens with one attached hydrogen (secondary N) is 2. The Hall–Kier alpha value is -2.96. The van der Waals surface area contributed by atoms with Gasteiger partial charge in [0, 0.05) is 11.7 Å². The van der Waals surface area contributed by atoms with Crippen LogP contribution in [-0.4, -0.2) is 31.6 Å². The van der Waals surface area contributed by atoms with Gasteiger partial charge in [0.15, 0.2) is 17.0 Å². The second kappa shape index (κ2) is 6.88. The highest BCUT2D eigenvalue weighted by Gasteiger charge is 2.17. The summed E-state index contributed by atoms with van der Waals surface area (Å²) in [6.45, 7) is 0. The maximum Gasteiger partial charge on any atom is 0.320 e. The van der Waals surface area contributed by atoms with Gasteiger partial charge in [-0.1, -0.05) is 37.5 Å². The number of imidazole rings is 1. The van der Waals surface area contributed by atoms with Crippen molar-refractivity contribution in [1.29, 1.82) is 0 Å². The van der Waals surface area contributed by atoms with Crippen LogP contribution in [0.25, 0.3) is 16.9 Å². The van der Waals surface area contributed by atoms with Crippen molar-refractivity contribution >= 4 is 23.0 Å². The minimum Gasteiger partial charge on any atom is -0.335 e. The van der Waals surface area contributed by atoms with Crippen molar-refractivity contribution in [1.82, 2.24) is 24.8 Å². The highest BCUT2D eigenvalue weighted by Crippen LogP contribution is 2.21. The standard InChI is InChI=1S/C18H20N6O/c25-18(22-13-7-3-1-4-8-13)23-16-15-17(20-11-19-16)24(12-21-15)14-9-5-2-6-10-14/h2,5-6,9-13H,1,3-4,7-8H2,(H2,19,20,22,23,25). The third kappa shape index (κ3) is 3.31. The van der Waals surface area contributed by atoms with Gasteiger partial charge in [0.1, 0.15) is 12.7 Å². The molecule has 25 heavy (non-hydrogen) atoms. The molecular formula is C18H20N6O. The maximum absolute atomic E-state index is 12.3. The number of amides is 2. The largest absolute Gasteiger partial charge is 0.335 e. The number of benzene rings is 1. The lowest BCUT2D eigenvalue weighted by atomic mass is 9.96. The number of para-hydroxylation sites is 1. The van der Waals surface area contributed by atoms with Crippen LogP contribution in [0.3, 0.4) is 0 Å². The molecule has 1 fully saturated rings. The van der Waals surface area contributed by atoms with Gasteiger partial charge in [-0.2, -0.15) is 0 Å². The lowest BCUT2D eigenvalue weighted by Crippen LogP contribution is -2.39. The zero-order chi connectivity index (χ0) is 17.1. The summed E-state index contributed by atoms with van der Waals surface area (Å²) in [4.78, 5) is 25.2. The van der Waals surface area contributed by atoms with Crippen molar-refractivity contribution in [2.75, 3.05) is 5.32 Å². The highest BCUT2D eigenvalue weighted by molar-refractivity contribution is 5.96. The molecule has 2 heterocycles. The molecule has 128 valence electrons. The summed E-state index contributed by atoms with van der Waals surface area (Å²) in [6, 6.07) is 9.84. The molecule has 1 aliphatic rings. The number of anilines is 1. The third-order valence-electron chi connectivity index (χ3n) is 4.54. The van der Waals surface area contributed by atoms with Crippen LogP contribution in [0.4, 0.5) is 10.6 Å². The normalized spacial score (nSPS) is 15.2. The van der Waals surface area contributed by atoms with Crippen LogP contribution in [0, 0.1) is 0 Å². The minimum atomic E-state index is -0.235. The van der Waals surface area contributed by atoms with Crippen LogP contribution in [0.15, 0.2) is 43.0 Å². The summed E-state index contributed by atoms with van der Waals surface area (Å²) in [5, 5.41) is 5.85. The highest BCUT2D eigenvalue weighted by atomic mass is 16.2. The Balaban J connectivity index is 1.56. The molecule has 1 aliphatic carbocycles. The second-order valence-electron chi connectivity index (χ2n) is 6.28. The van der Waals surface area contributed by atoms with Gasteiger partial charge < -0.3 is 5.32 Å². The van der Waals surface area contributed by atoms with Gasteiger partial charge in [0.05, 0.1) is 0 Å². The number of hydrogen-bond acceptors (Lipinski definition) is 4. The monoisotopic (exact) mass is 336 g/mol. The third-order valence-corrected chi connectivity index (χ3v) is 4.54. The van der Waals surface area contributed by atoms with E-state index >= 15 is 0 Å². The summed E-state index contributed by atoms with van der Waals surface area (Å²) < 4.78 is 1.88. The fourth-order valence-electron chi connectivity index (χ4n) is 3.28. The molecule has 4 rings (SSSR count). The molecule has 0 saturated heterocycles. The fourth-order valence-corrected chi connectivity index (χ4v) is 3.28. The number of urea groups is 1. The van der Waals surface area contributed by atoms with E-state index in [9.17, 15) is 4.79 Å². The average molecular weight is 336 g/mol. The lowest BCUT2D eigenvalue weighted by Gasteiger charge is -2.22. The van der Waals surface area contributed by atoms with Crippen LogP contribution >= 0.6 is 0 Å². The van der Waals surface area contributed by atoms with E-state index in [1.165, 1.54) is 25.6 Å².